The molecule has 0 aliphatic heterocycles. The van der Waals surface area contributed by atoms with Crippen LogP contribution in [0.25, 0.3) is 88.0 Å². The zero-order valence-electron chi connectivity index (χ0n) is 26.2. The Kier molecular flexibility index (Phi) is 5.91. The molecule has 0 spiro atoms. The lowest BCUT2D eigenvalue weighted by molar-refractivity contribution is 1.18. The summed E-state index contributed by atoms with van der Waals surface area (Å²) in [5, 5.41) is 7.53. The van der Waals surface area contributed by atoms with Crippen LogP contribution in [0.5, 0.6) is 0 Å². The quantitative estimate of drug-likeness (QED) is 0.188. The average Bonchev–Trinajstić information content (AvgIpc) is 3.68. The van der Waals surface area contributed by atoms with Crippen molar-refractivity contribution in [3.05, 3.63) is 182 Å². The molecule has 0 unspecified atom stereocenters. The van der Waals surface area contributed by atoms with Crippen molar-refractivity contribution in [3.63, 3.8) is 0 Å². The van der Waals surface area contributed by atoms with E-state index in [9.17, 15) is 0 Å². The molecule has 0 aliphatic carbocycles. The number of para-hydroxylation sites is 3. The van der Waals surface area contributed by atoms with Crippen molar-refractivity contribution in [3.8, 4) is 33.6 Å². The average molecular weight is 611 g/mol. The van der Waals surface area contributed by atoms with Crippen LogP contribution in [0.3, 0.4) is 0 Å². The molecule has 0 atom stereocenters. The van der Waals surface area contributed by atoms with E-state index in [0.717, 1.165) is 5.69 Å². The fourth-order valence-corrected chi connectivity index (χ4v) is 7.67. The van der Waals surface area contributed by atoms with E-state index in [1.54, 1.807) is 0 Å². The van der Waals surface area contributed by atoms with E-state index < -0.39 is 0 Å². The highest BCUT2D eigenvalue weighted by Crippen LogP contribution is 2.42. The van der Waals surface area contributed by atoms with Crippen LogP contribution in [0, 0.1) is 0 Å². The summed E-state index contributed by atoms with van der Waals surface area (Å²) in [6.45, 7) is 0. The van der Waals surface area contributed by atoms with Gasteiger partial charge in [-0.2, -0.15) is 0 Å². The third-order valence-electron chi connectivity index (χ3n) is 9.89. The highest BCUT2D eigenvalue weighted by atomic mass is 15.0. The summed E-state index contributed by atoms with van der Waals surface area (Å²) in [7, 11) is 0. The lowest BCUT2D eigenvalue weighted by Crippen LogP contribution is -1.95. The van der Waals surface area contributed by atoms with Crippen LogP contribution in [0.15, 0.2) is 182 Å². The maximum Gasteiger partial charge on any atom is 0.0641 e. The summed E-state index contributed by atoms with van der Waals surface area (Å²) in [4.78, 5) is 0. The van der Waals surface area contributed by atoms with E-state index in [-0.39, 0.29) is 0 Å². The fraction of sp³-hybridized carbons (Fsp3) is 0. The lowest BCUT2D eigenvalue weighted by Gasteiger charge is -2.11. The fourth-order valence-electron chi connectivity index (χ4n) is 7.67. The van der Waals surface area contributed by atoms with Gasteiger partial charge >= 0.3 is 0 Å². The summed E-state index contributed by atoms with van der Waals surface area (Å²) in [6, 6.07) is 66.1. The highest BCUT2D eigenvalue weighted by Gasteiger charge is 2.20. The maximum atomic E-state index is 2.44. The van der Waals surface area contributed by atoms with Gasteiger partial charge in [0.05, 0.1) is 22.1 Å². The standard InChI is InChI=1S/C46H30N2/c1-3-11-31(12-4-1)32-19-21-33(22-20-32)34-23-24-36-30-38(26-25-35(36)29-34)47-43-18-10-8-16-41(43)45-44(47)28-27-40-39-15-7-9-17-42(39)48(46(40)45)37-13-5-2-6-14-37/h1-30H. The number of benzene rings is 8. The van der Waals surface area contributed by atoms with Gasteiger partial charge in [0.25, 0.3) is 0 Å². The molecule has 0 fully saturated rings. The number of nitrogens with zero attached hydrogens (tertiary/aromatic N) is 2. The van der Waals surface area contributed by atoms with E-state index in [1.807, 2.05) is 0 Å². The van der Waals surface area contributed by atoms with Crippen LogP contribution in [-0.2, 0) is 0 Å². The number of fused-ring (bicyclic) bond motifs is 8. The second kappa shape index (κ2) is 10.6. The molecule has 0 N–H and O–H groups in total. The number of hydrogen-bond acceptors (Lipinski definition) is 0. The first-order valence-electron chi connectivity index (χ1n) is 16.5. The molecule has 8 aromatic carbocycles. The third-order valence-corrected chi connectivity index (χ3v) is 9.89. The van der Waals surface area contributed by atoms with Gasteiger partial charge in [0.15, 0.2) is 0 Å². The first-order chi connectivity index (χ1) is 23.8. The minimum atomic E-state index is 1.16. The molecule has 10 rings (SSSR count). The number of rotatable bonds is 4. The molecule has 0 radical (unpaired) electrons. The van der Waals surface area contributed by atoms with Gasteiger partial charge in [-0.15, -0.1) is 0 Å². The van der Waals surface area contributed by atoms with Crippen molar-refractivity contribution in [1.29, 1.82) is 0 Å². The van der Waals surface area contributed by atoms with Crippen LogP contribution < -0.4 is 0 Å². The predicted octanol–water partition coefficient (Wildman–Crippen LogP) is 12.4. The van der Waals surface area contributed by atoms with Crippen LogP contribution in [0.4, 0.5) is 0 Å². The van der Waals surface area contributed by atoms with Gasteiger partial charge < -0.3 is 9.13 Å². The Morgan fingerprint density at radius 3 is 1.62 bits per heavy atom. The van der Waals surface area contributed by atoms with Crippen LogP contribution in [-0.4, -0.2) is 9.13 Å². The van der Waals surface area contributed by atoms with Gasteiger partial charge in [0.1, 0.15) is 0 Å². The topological polar surface area (TPSA) is 9.86 Å². The molecule has 2 heterocycles. The molecule has 10 aromatic rings. The smallest absolute Gasteiger partial charge is 0.0641 e. The van der Waals surface area contributed by atoms with E-state index in [1.165, 1.54) is 82.3 Å². The van der Waals surface area contributed by atoms with Crippen molar-refractivity contribution in [1.82, 2.24) is 9.13 Å². The molecule has 0 bridgehead atoms. The van der Waals surface area contributed by atoms with Gasteiger partial charge in [0.2, 0.25) is 0 Å². The Bertz CT molecular complexity index is 2800. The second-order valence-corrected chi connectivity index (χ2v) is 12.6. The summed E-state index contributed by atoms with van der Waals surface area (Å²) in [5.41, 5.74) is 12.1. The molecule has 0 amide bonds. The van der Waals surface area contributed by atoms with Gasteiger partial charge in [-0.25, -0.2) is 0 Å². The summed E-state index contributed by atoms with van der Waals surface area (Å²) < 4.78 is 4.88. The second-order valence-electron chi connectivity index (χ2n) is 12.6. The number of aromatic nitrogens is 2. The molecular weight excluding hydrogens is 581 g/mol. The SMILES string of the molecule is c1ccc(-c2ccc(-c3ccc4cc(-n5c6ccccc6c6c5ccc5c7ccccc7n(-c7ccccc7)c56)ccc4c3)cc2)cc1. The molecule has 0 aliphatic rings. The first kappa shape index (κ1) is 26.8. The van der Waals surface area contributed by atoms with Gasteiger partial charge in [-0.1, -0.05) is 133 Å². The normalized spacial score (nSPS) is 11.8. The molecule has 2 heteroatoms. The summed E-state index contributed by atoms with van der Waals surface area (Å²) in [5.74, 6) is 0. The monoisotopic (exact) mass is 610 g/mol. The van der Waals surface area contributed by atoms with E-state index in [2.05, 4.69) is 191 Å². The first-order valence-corrected chi connectivity index (χ1v) is 16.5. The van der Waals surface area contributed by atoms with Gasteiger partial charge in [0, 0.05) is 32.9 Å². The Morgan fingerprint density at radius 1 is 0.292 bits per heavy atom. The highest BCUT2D eigenvalue weighted by molar-refractivity contribution is 6.26. The van der Waals surface area contributed by atoms with Crippen LogP contribution in [0.2, 0.25) is 0 Å². The zero-order valence-corrected chi connectivity index (χ0v) is 26.2. The molecular formula is C46H30N2. The Labute approximate surface area is 278 Å². The number of hydrogen-bond donors (Lipinski definition) is 0. The van der Waals surface area contributed by atoms with Crippen LogP contribution >= 0.6 is 0 Å². The summed E-state index contributed by atoms with van der Waals surface area (Å²) in [6.07, 6.45) is 0. The van der Waals surface area contributed by atoms with Crippen molar-refractivity contribution in [2.24, 2.45) is 0 Å². The van der Waals surface area contributed by atoms with Crippen molar-refractivity contribution in [2.75, 3.05) is 0 Å². The van der Waals surface area contributed by atoms with E-state index >= 15 is 0 Å². The Balaban J connectivity index is 1.15. The molecule has 0 saturated carbocycles. The predicted molar refractivity (Wildman–Crippen MR) is 203 cm³/mol. The maximum absolute atomic E-state index is 2.44. The molecule has 224 valence electrons. The van der Waals surface area contributed by atoms with Crippen molar-refractivity contribution in [2.45, 2.75) is 0 Å². The van der Waals surface area contributed by atoms with E-state index in [4.69, 9.17) is 0 Å². The molecule has 2 aromatic heterocycles. The van der Waals surface area contributed by atoms with E-state index in [0.29, 0.717) is 0 Å². The molecule has 0 saturated heterocycles. The Morgan fingerprint density at radius 2 is 0.854 bits per heavy atom. The van der Waals surface area contributed by atoms with Crippen molar-refractivity contribution >= 4 is 54.4 Å². The zero-order chi connectivity index (χ0) is 31.6. The molecule has 48 heavy (non-hydrogen) atoms. The summed E-state index contributed by atoms with van der Waals surface area (Å²) >= 11 is 0. The van der Waals surface area contributed by atoms with Gasteiger partial charge in [-0.3, -0.25) is 0 Å². The third kappa shape index (κ3) is 4.06. The lowest BCUT2D eigenvalue weighted by atomic mass is 9.98. The molecule has 2 nitrogen and oxygen atoms in total. The largest absolute Gasteiger partial charge is 0.309 e. The van der Waals surface area contributed by atoms with Crippen LogP contribution in [0.1, 0.15) is 0 Å². The van der Waals surface area contributed by atoms with Crippen molar-refractivity contribution < 1.29 is 0 Å². The minimum Gasteiger partial charge on any atom is -0.309 e. The minimum absolute atomic E-state index is 1.16. The van der Waals surface area contributed by atoms with Gasteiger partial charge in [-0.05, 0) is 81.6 Å². The Hall–Kier alpha value is -6.38.